The molecule has 142 valence electrons. The van der Waals surface area contributed by atoms with Crippen LogP contribution in [-0.4, -0.2) is 41.4 Å². The fraction of sp³-hybridized carbons (Fsp3) is 0.611. The van der Waals surface area contributed by atoms with Crippen LogP contribution in [0.4, 0.5) is 0 Å². The predicted octanol–water partition coefficient (Wildman–Crippen LogP) is 2.15. The van der Waals surface area contributed by atoms with Crippen LogP contribution in [0.3, 0.4) is 0 Å². The van der Waals surface area contributed by atoms with Crippen LogP contribution in [0.2, 0.25) is 5.02 Å². The number of hydrogen-bond donors (Lipinski definition) is 2. The van der Waals surface area contributed by atoms with Gasteiger partial charge in [0.25, 0.3) is 0 Å². The highest BCUT2D eigenvalue weighted by atomic mass is 35.5. The molecule has 0 aliphatic heterocycles. The fourth-order valence-corrected chi connectivity index (χ4v) is 4.12. The zero-order chi connectivity index (χ0) is 19.1. The Kier molecular flexibility index (Phi) is 4.62. The van der Waals surface area contributed by atoms with Gasteiger partial charge in [-0.15, -0.1) is 5.10 Å². The van der Waals surface area contributed by atoms with Crippen LogP contribution in [0, 0.1) is 17.2 Å². The van der Waals surface area contributed by atoms with E-state index >= 15 is 0 Å². The van der Waals surface area contributed by atoms with Crippen molar-refractivity contribution in [1.82, 2.24) is 30.5 Å². The summed E-state index contributed by atoms with van der Waals surface area (Å²) < 4.78 is 1.53. The third kappa shape index (κ3) is 3.68. The Morgan fingerprint density at radius 3 is 2.74 bits per heavy atom. The minimum Gasteiger partial charge on any atom is -0.390 e. The molecule has 2 fully saturated rings. The molecule has 9 heteroatoms. The van der Waals surface area contributed by atoms with E-state index in [1.165, 1.54) is 17.5 Å². The minimum absolute atomic E-state index is 0.0320. The van der Waals surface area contributed by atoms with Crippen LogP contribution in [-0.2, 0) is 6.54 Å². The van der Waals surface area contributed by atoms with Gasteiger partial charge in [-0.2, -0.15) is 9.94 Å². The maximum Gasteiger partial charge on any atom is 0.172 e. The zero-order valence-electron chi connectivity index (χ0n) is 15.2. The number of aliphatic hydroxyl groups is 1. The number of tetrazole rings is 1. The summed E-state index contributed by atoms with van der Waals surface area (Å²) in [5, 5.41) is 35.4. The van der Waals surface area contributed by atoms with Crippen LogP contribution in [0.25, 0.3) is 5.82 Å². The SMILES string of the molecule is CC1(O)CCC(NCc2nnnn2-c2ccc(Cl)c(C#N)n2)(C2CC2)CC1. The summed E-state index contributed by atoms with van der Waals surface area (Å²) in [5.41, 5.74) is -0.389. The van der Waals surface area contributed by atoms with E-state index in [0.29, 0.717) is 29.1 Å². The summed E-state index contributed by atoms with van der Waals surface area (Å²) in [4.78, 5) is 4.24. The number of hydrogen-bond acceptors (Lipinski definition) is 7. The number of pyridine rings is 1. The fourth-order valence-electron chi connectivity index (χ4n) is 3.98. The molecule has 0 spiro atoms. The maximum atomic E-state index is 10.3. The van der Waals surface area contributed by atoms with E-state index in [-0.39, 0.29) is 11.2 Å². The van der Waals surface area contributed by atoms with Gasteiger partial charge >= 0.3 is 0 Å². The van der Waals surface area contributed by atoms with Crippen LogP contribution >= 0.6 is 11.6 Å². The highest BCUT2D eigenvalue weighted by molar-refractivity contribution is 6.31. The monoisotopic (exact) mass is 387 g/mol. The molecule has 4 rings (SSSR count). The number of nitriles is 1. The third-order valence-electron chi connectivity index (χ3n) is 5.87. The first-order chi connectivity index (χ1) is 12.9. The Balaban J connectivity index is 1.53. The van der Waals surface area contributed by atoms with Crippen molar-refractivity contribution in [2.75, 3.05) is 0 Å². The van der Waals surface area contributed by atoms with Crippen molar-refractivity contribution < 1.29 is 5.11 Å². The van der Waals surface area contributed by atoms with Crippen LogP contribution in [0.1, 0.15) is 57.0 Å². The molecule has 0 amide bonds. The molecule has 0 aromatic carbocycles. The molecule has 2 saturated carbocycles. The largest absolute Gasteiger partial charge is 0.390 e. The Bertz CT molecular complexity index is 874. The van der Waals surface area contributed by atoms with Crippen molar-refractivity contribution in [3.05, 3.63) is 28.7 Å². The van der Waals surface area contributed by atoms with Crippen molar-refractivity contribution in [1.29, 1.82) is 5.26 Å². The summed E-state index contributed by atoms with van der Waals surface area (Å²) >= 11 is 5.96. The Morgan fingerprint density at radius 1 is 1.33 bits per heavy atom. The molecule has 8 nitrogen and oxygen atoms in total. The lowest BCUT2D eigenvalue weighted by Gasteiger charge is -2.44. The average molecular weight is 388 g/mol. The highest BCUT2D eigenvalue weighted by Gasteiger charge is 2.48. The van der Waals surface area contributed by atoms with Gasteiger partial charge in [0, 0.05) is 5.54 Å². The summed E-state index contributed by atoms with van der Waals surface area (Å²) in [5.74, 6) is 1.74. The first-order valence-electron chi connectivity index (χ1n) is 9.24. The average Bonchev–Trinajstić information content (AvgIpc) is 3.41. The lowest BCUT2D eigenvalue weighted by atomic mass is 9.72. The predicted molar refractivity (Wildman–Crippen MR) is 98.1 cm³/mol. The standard InChI is InChI=1S/C18H22ClN7O/c1-17(27)6-8-18(9-7-17,12-2-3-12)21-11-16-23-24-25-26(16)15-5-4-13(19)14(10-20)22-15/h4-5,12,21,27H,2-3,6-9,11H2,1H3. The molecular formula is C18H22ClN7O. The summed E-state index contributed by atoms with van der Waals surface area (Å²) in [6, 6.07) is 5.29. The van der Waals surface area contributed by atoms with Gasteiger partial charge in [-0.1, -0.05) is 11.6 Å². The van der Waals surface area contributed by atoms with Gasteiger partial charge in [0.05, 0.1) is 17.2 Å². The van der Waals surface area contributed by atoms with Gasteiger partial charge in [0.2, 0.25) is 0 Å². The molecule has 2 N–H and O–H groups in total. The summed E-state index contributed by atoms with van der Waals surface area (Å²) in [7, 11) is 0. The lowest BCUT2D eigenvalue weighted by molar-refractivity contribution is -0.0112. The van der Waals surface area contributed by atoms with Crippen molar-refractivity contribution >= 4 is 11.6 Å². The molecule has 2 heterocycles. The Labute approximate surface area is 162 Å². The second-order valence-corrected chi connectivity index (χ2v) is 8.31. The first-order valence-corrected chi connectivity index (χ1v) is 9.62. The van der Waals surface area contributed by atoms with E-state index in [4.69, 9.17) is 16.9 Å². The molecule has 27 heavy (non-hydrogen) atoms. The third-order valence-corrected chi connectivity index (χ3v) is 6.17. The van der Waals surface area contributed by atoms with Crippen molar-refractivity contribution in [3.63, 3.8) is 0 Å². The number of nitrogens with one attached hydrogen (secondary N) is 1. The van der Waals surface area contributed by atoms with Crippen molar-refractivity contribution in [2.45, 2.75) is 63.1 Å². The molecule has 0 unspecified atom stereocenters. The van der Waals surface area contributed by atoms with Gasteiger partial charge in [0.15, 0.2) is 17.3 Å². The number of rotatable bonds is 5. The topological polar surface area (TPSA) is 113 Å². The molecular weight excluding hydrogens is 366 g/mol. The number of nitrogens with zero attached hydrogens (tertiary/aromatic N) is 6. The van der Waals surface area contributed by atoms with E-state index in [2.05, 4.69) is 25.8 Å². The molecule has 2 aliphatic carbocycles. The highest BCUT2D eigenvalue weighted by Crippen LogP contribution is 2.49. The minimum atomic E-state index is -0.567. The lowest BCUT2D eigenvalue weighted by Crippen LogP contribution is -2.52. The van der Waals surface area contributed by atoms with Gasteiger partial charge in [-0.05, 0) is 73.9 Å². The van der Waals surface area contributed by atoms with E-state index in [9.17, 15) is 5.11 Å². The normalized spacial score (nSPS) is 28.1. The van der Waals surface area contributed by atoms with Crippen LogP contribution < -0.4 is 5.32 Å². The molecule has 2 aromatic heterocycles. The quantitative estimate of drug-likeness (QED) is 0.808. The molecule has 0 radical (unpaired) electrons. The van der Waals surface area contributed by atoms with Crippen LogP contribution in [0.5, 0.6) is 0 Å². The zero-order valence-corrected chi connectivity index (χ0v) is 15.9. The number of aromatic nitrogens is 5. The van der Waals surface area contributed by atoms with E-state index in [0.717, 1.165) is 25.7 Å². The molecule has 2 aliphatic rings. The van der Waals surface area contributed by atoms with E-state index < -0.39 is 5.60 Å². The molecule has 0 atom stereocenters. The second-order valence-electron chi connectivity index (χ2n) is 7.90. The maximum absolute atomic E-state index is 10.3. The van der Waals surface area contributed by atoms with Crippen molar-refractivity contribution in [2.24, 2.45) is 5.92 Å². The molecule has 2 aromatic rings. The van der Waals surface area contributed by atoms with Gasteiger partial charge in [0.1, 0.15) is 6.07 Å². The molecule has 0 bridgehead atoms. The van der Waals surface area contributed by atoms with E-state index in [1.54, 1.807) is 12.1 Å². The Morgan fingerprint density at radius 2 is 2.07 bits per heavy atom. The van der Waals surface area contributed by atoms with Gasteiger partial charge in [-0.25, -0.2) is 4.98 Å². The summed E-state index contributed by atoms with van der Waals surface area (Å²) in [6.07, 6.45) is 5.94. The van der Waals surface area contributed by atoms with Gasteiger partial charge < -0.3 is 10.4 Å². The molecule has 0 saturated heterocycles. The summed E-state index contributed by atoms with van der Waals surface area (Å²) in [6.45, 7) is 2.42. The van der Waals surface area contributed by atoms with Gasteiger partial charge in [-0.3, -0.25) is 0 Å². The smallest absolute Gasteiger partial charge is 0.172 e. The Hall–Kier alpha value is -2.08. The van der Waals surface area contributed by atoms with Crippen molar-refractivity contribution in [3.8, 4) is 11.9 Å². The van der Waals surface area contributed by atoms with E-state index in [1.807, 2.05) is 13.0 Å². The van der Waals surface area contributed by atoms with Crippen LogP contribution in [0.15, 0.2) is 12.1 Å². The number of halogens is 1. The second kappa shape index (κ2) is 6.82. The first kappa shape index (κ1) is 18.3.